The van der Waals surface area contributed by atoms with Crippen LogP contribution in [0, 0.1) is 6.92 Å². The summed E-state index contributed by atoms with van der Waals surface area (Å²) in [5, 5.41) is 0. The normalized spacial score (nSPS) is 10.3. The minimum absolute atomic E-state index is 0.337. The van der Waals surface area contributed by atoms with Crippen molar-refractivity contribution in [2.24, 2.45) is 5.73 Å². The molecule has 0 bridgehead atoms. The number of hydrogen-bond donors (Lipinski definition) is 1. The second-order valence-corrected chi connectivity index (χ2v) is 3.72. The van der Waals surface area contributed by atoms with Crippen LogP contribution in [-0.2, 0) is 6.54 Å². The molecule has 4 nitrogen and oxygen atoms in total. The van der Waals surface area contributed by atoms with Crippen molar-refractivity contribution in [3.8, 4) is 17.0 Å². The van der Waals surface area contributed by atoms with Gasteiger partial charge in [0.05, 0.1) is 19.3 Å². The topological polar surface area (TPSA) is 61.0 Å². The molecule has 0 unspecified atom stereocenters. The van der Waals surface area contributed by atoms with Crippen LogP contribution in [-0.4, -0.2) is 17.1 Å². The fourth-order valence-corrected chi connectivity index (χ4v) is 1.72. The molecule has 2 N–H and O–H groups in total. The molecule has 1 aromatic heterocycles. The highest BCUT2D eigenvalue weighted by molar-refractivity contribution is 5.67. The third-order valence-corrected chi connectivity index (χ3v) is 2.47. The van der Waals surface area contributed by atoms with Gasteiger partial charge in [0.15, 0.2) is 0 Å². The van der Waals surface area contributed by atoms with Crippen LogP contribution in [0.15, 0.2) is 30.3 Å². The van der Waals surface area contributed by atoms with Gasteiger partial charge >= 0.3 is 0 Å². The first kappa shape index (κ1) is 11.5. The Morgan fingerprint density at radius 3 is 2.71 bits per heavy atom. The number of rotatable bonds is 3. The molecule has 0 saturated heterocycles. The Hall–Kier alpha value is -1.94. The lowest BCUT2D eigenvalue weighted by atomic mass is 10.1. The van der Waals surface area contributed by atoms with E-state index in [0.29, 0.717) is 12.4 Å². The summed E-state index contributed by atoms with van der Waals surface area (Å²) >= 11 is 0. The van der Waals surface area contributed by atoms with Crippen molar-refractivity contribution in [3.63, 3.8) is 0 Å². The third-order valence-electron chi connectivity index (χ3n) is 2.47. The lowest BCUT2D eigenvalue weighted by Crippen LogP contribution is -2.05. The Kier molecular flexibility index (Phi) is 3.35. The van der Waals surface area contributed by atoms with Crippen LogP contribution in [0.5, 0.6) is 5.75 Å². The van der Waals surface area contributed by atoms with Gasteiger partial charge in [-0.2, -0.15) is 0 Å². The van der Waals surface area contributed by atoms with E-state index >= 15 is 0 Å². The van der Waals surface area contributed by atoms with Crippen molar-refractivity contribution in [1.29, 1.82) is 0 Å². The van der Waals surface area contributed by atoms with Crippen molar-refractivity contribution < 1.29 is 4.74 Å². The molecule has 0 aliphatic rings. The van der Waals surface area contributed by atoms with E-state index < -0.39 is 0 Å². The second-order valence-electron chi connectivity index (χ2n) is 3.72. The van der Waals surface area contributed by atoms with Crippen LogP contribution in [0.1, 0.15) is 11.5 Å². The van der Waals surface area contributed by atoms with Gasteiger partial charge < -0.3 is 10.5 Å². The largest absolute Gasteiger partial charge is 0.496 e. The minimum Gasteiger partial charge on any atom is -0.496 e. The highest BCUT2D eigenvalue weighted by Gasteiger charge is 2.08. The van der Waals surface area contributed by atoms with Crippen molar-refractivity contribution >= 4 is 0 Å². The quantitative estimate of drug-likeness (QED) is 0.873. The molecule has 1 heterocycles. The minimum atomic E-state index is 0.337. The van der Waals surface area contributed by atoms with Gasteiger partial charge in [-0.15, -0.1) is 0 Å². The van der Waals surface area contributed by atoms with Gasteiger partial charge in [0.2, 0.25) is 0 Å². The first-order valence-electron chi connectivity index (χ1n) is 5.42. The van der Waals surface area contributed by atoms with E-state index in [1.54, 1.807) is 7.11 Å². The summed E-state index contributed by atoms with van der Waals surface area (Å²) < 4.78 is 5.32. The number of ether oxygens (including phenoxy) is 1. The first-order valence-corrected chi connectivity index (χ1v) is 5.42. The lowest BCUT2D eigenvalue weighted by Gasteiger charge is -2.09. The maximum atomic E-state index is 5.58. The molecule has 0 radical (unpaired) electrons. The van der Waals surface area contributed by atoms with Gasteiger partial charge in [-0.3, -0.25) is 0 Å². The fraction of sp³-hybridized carbons (Fsp3) is 0.231. The molecule has 0 aliphatic carbocycles. The molecule has 0 saturated carbocycles. The third kappa shape index (κ3) is 2.42. The zero-order chi connectivity index (χ0) is 12.3. The number of aryl methyl sites for hydroxylation is 1. The van der Waals surface area contributed by atoms with Crippen LogP contribution >= 0.6 is 0 Å². The van der Waals surface area contributed by atoms with Crippen molar-refractivity contribution in [1.82, 2.24) is 9.97 Å². The van der Waals surface area contributed by atoms with E-state index in [0.717, 1.165) is 22.7 Å². The zero-order valence-corrected chi connectivity index (χ0v) is 9.97. The molecule has 0 aliphatic heterocycles. The predicted octanol–water partition coefficient (Wildman–Crippen LogP) is 1.92. The summed E-state index contributed by atoms with van der Waals surface area (Å²) in [5.74, 6) is 1.44. The summed E-state index contributed by atoms with van der Waals surface area (Å²) in [6, 6.07) is 9.70. The average molecular weight is 229 g/mol. The Balaban J connectivity index is 2.55. The lowest BCUT2D eigenvalue weighted by molar-refractivity contribution is 0.416. The number of aromatic nitrogens is 2. The standard InChI is InChI=1S/C13H15N3O/c1-9-7-11(16-13(8-14)15-9)10-5-3-4-6-12(10)17-2/h3-7H,8,14H2,1-2H3. The first-order chi connectivity index (χ1) is 8.24. The molecule has 0 fully saturated rings. The molecule has 88 valence electrons. The van der Waals surface area contributed by atoms with E-state index in [1.807, 2.05) is 37.3 Å². The number of benzene rings is 1. The maximum absolute atomic E-state index is 5.58. The maximum Gasteiger partial charge on any atom is 0.142 e. The van der Waals surface area contributed by atoms with E-state index in [2.05, 4.69) is 9.97 Å². The molecule has 2 aromatic rings. The molecular formula is C13H15N3O. The highest BCUT2D eigenvalue weighted by atomic mass is 16.5. The van der Waals surface area contributed by atoms with Gasteiger partial charge in [0.1, 0.15) is 11.6 Å². The van der Waals surface area contributed by atoms with Crippen molar-refractivity contribution in [2.75, 3.05) is 7.11 Å². The van der Waals surface area contributed by atoms with Gasteiger partial charge in [-0.05, 0) is 25.1 Å². The van der Waals surface area contributed by atoms with Crippen molar-refractivity contribution in [3.05, 3.63) is 41.9 Å². The smallest absolute Gasteiger partial charge is 0.142 e. The monoisotopic (exact) mass is 229 g/mol. The highest BCUT2D eigenvalue weighted by Crippen LogP contribution is 2.28. The van der Waals surface area contributed by atoms with Gasteiger partial charge in [-0.1, -0.05) is 12.1 Å². The van der Waals surface area contributed by atoms with Crippen LogP contribution in [0.4, 0.5) is 0 Å². The van der Waals surface area contributed by atoms with E-state index in [-0.39, 0.29) is 0 Å². The Morgan fingerprint density at radius 1 is 1.24 bits per heavy atom. The van der Waals surface area contributed by atoms with Crippen molar-refractivity contribution in [2.45, 2.75) is 13.5 Å². The zero-order valence-electron chi connectivity index (χ0n) is 9.97. The Morgan fingerprint density at radius 2 is 2.00 bits per heavy atom. The molecule has 17 heavy (non-hydrogen) atoms. The van der Waals surface area contributed by atoms with Crippen LogP contribution < -0.4 is 10.5 Å². The summed E-state index contributed by atoms with van der Waals surface area (Å²) in [4.78, 5) is 8.67. The molecule has 2 rings (SSSR count). The molecular weight excluding hydrogens is 214 g/mol. The Labute approximate surface area is 100 Å². The van der Waals surface area contributed by atoms with Crippen LogP contribution in [0.3, 0.4) is 0 Å². The number of para-hydroxylation sites is 1. The summed E-state index contributed by atoms with van der Waals surface area (Å²) in [6.07, 6.45) is 0. The number of nitrogens with zero attached hydrogens (tertiary/aromatic N) is 2. The SMILES string of the molecule is COc1ccccc1-c1cc(C)nc(CN)n1. The van der Waals surface area contributed by atoms with E-state index in [1.165, 1.54) is 0 Å². The summed E-state index contributed by atoms with van der Waals surface area (Å²) in [7, 11) is 1.65. The number of methoxy groups -OCH3 is 1. The second kappa shape index (κ2) is 4.93. The average Bonchev–Trinajstić information content (AvgIpc) is 2.37. The van der Waals surface area contributed by atoms with Gasteiger partial charge in [0, 0.05) is 11.3 Å². The van der Waals surface area contributed by atoms with Crippen LogP contribution in [0.25, 0.3) is 11.3 Å². The van der Waals surface area contributed by atoms with Gasteiger partial charge in [-0.25, -0.2) is 9.97 Å². The number of nitrogens with two attached hydrogens (primary N) is 1. The molecule has 4 heteroatoms. The van der Waals surface area contributed by atoms with Crippen LogP contribution in [0.2, 0.25) is 0 Å². The molecule has 0 spiro atoms. The number of hydrogen-bond acceptors (Lipinski definition) is 4. The van der Waals surface area contributed by atoms with E-state index in [4.69, 9.17) is 10.5 Å². The van der Waals surface area contributed by atoms with Gasteiger partial charge in [0.25, 0.3) is 0 Å². The molecule has 0 amide bonds. The summed E-state index contributed by atoms with van der Waals surface area (Å²) in [6.45, 7) is 2.27. The summed E-state index contributed by atoms with van der Waals surface area (Å²) in [5.41, 5.74) is 8.28. The molecule has 1 aromatic carbocycles. The molecule has 0 atom stereocenters. The Bertz CT molecular complexity index is 526. The van der Waals surface area contributed by atoms with E-state index in [9.17, 15) is 0 Å². The fourth-order valence-electron chi connectivity index (χ4n) is 1.72. The predicted molar refractivity (Wildman–Crippen MR) is 66.6 cm³/mol.